The Labute approximate surface area is 118 Å². The van der Waals surface area contributed by atoms with Crippen LogP contribution in [0, 0.1) is 5.41 Å². The molecule has 6 heteroatoms. The Morgan fingerprint density at radius 2 is 1.89 bits per heavy atom. The average Bonchev–Trinajstić information content (AvgIpc) is 2.17. The lowest BCUT2D eigenvalue weighted by Gasteiger charge is -2.25. The number of rotatable bonds is 2. The Kier molecular flexibility index (Phi) is 4.70. The number of halogens is 5. The van der Waals surface area contributed by atoms with Gasteiger partial charge < -0.3 is 0 Å². The third kappa shape index (κ3) is 4.12. The highest BCUT2D eigenvalue weighted by Gasteiger charge is 2.32. The first-order valence-corrected chi connectivity index (χ1v) is 6.67. The second-order valence-electron chi connectivity index (χ2n) is 5.19. The molecule has 0 saturated carbocycles. The molecular formula is C12H14BrClF3N. The lowest BCUT2D eigenvalue weighted by Crippen LogP contribution is -2.23. The highest BCUT2D eigenvalue weighted by Crippen LogP contribution is 2.33. The molecule has 0 spiro atoms. The van der Waals surface area contributed by atoms with Crippen LogP contribution in [-0.4, -0.2) is 9.81 Å². The molecule has 0 amide bonds. The summed E-state index contributed by atoms with van der Waals surface area (Å²) in [6.45, 7) is 6.10. The van der Waals surface area contributed by atoms with Crippen molar-refractivity contribution in [1.82, 2.24) is 4.98 Å². The maximum absolute atomic E-state index is 12.4. The topological polar surface area (TPSA) is 12.9 Å². The lowest BCUT2D eigenvalue weighted by atomic mass is 9.89. The molecule has 0 bridgehead atoms. The van der Waals surface area contributed by atoms with Gasteiger partial charge in [0.25, 0.3) is 0 Å². The summed E-state index contributed by atoms with van der Waals surface area (Å²) >= 11 is 9.35. The standard InChI is InChI=1S/C12H14BrClF3N/c1-11(2,3)10(13)5-9-8(14)4-7(6-18-9)12(15,16)17/h4,6,10H,5H2,1-3H3. The predicted octanol–water partition coefficient (Wildman–Crippen LogP) is 5.11. The van der Waals surface area contributed by atoms with E-state index in [9.17, 15) is 13.2 Å². The van der Waals surface area contributed by atoms with Gasteiger partial charge in [0.15, 0.2) is 0 Å². The van der Waals surface area contributed by atoms with Crippen molar-refractivity contribution in [3.63, 3.8) is 0 Å². The molecule has 0 radical (unpaired) electrons. The zero-order valence-corrected chi connectivity index (χ0v) is 12.6. The summed E-state index contributed by atoms with van der Waals surface area (Å²) in [5.74, 6) is 0. The second kappa shape index (κ2) is 5.37. The molecule has 1 rings (SSSR count). The number of aromatic nitrogens is 1. The summed E-state index contributed by atoms with van der Waals surface area (Å²) in [5.41, 5.74) is -0.368. The molecule has 0 saturated heterocycles. The van der Waals surface area contributed by atoms with Crippen molar-refractivity contribution in [1.29, 1.82) is 0 Å². The first kappa shape index (κ1) is 15.8. The van der Waals surface area contributed by atoms with Crippen LogP contribution in [-0.2, 0) is 12.6 Å². The van der Waals surface area contributed by atoms with Gasteiger partial charge in [-0.15, -0.1) is 0 Å². The third-order valence-corrected chi connectivity index (χ3v) is 4.58. The summed E-state index contributed by atoms with van der Waals surface area (Å²) < 4.78 is 37.3. The molecule has 18 heavy (non-hydrogen) atoms. The van der Waals surface area contributed by atoms with Gasteiger partial charge >= 0.3 is 6.18 Å². The van der Waals surface area contributed by atoms with Crippen molar-refractivity contribution >= 4 is 27.5 Å². The van der Waals surface area contributed by atoms with E-state index in [-0.39, 0.29) is 15.3 Å². The minimum atomic E-state index is -4.41. The molecule has 0 aliphatic carbocycles. The van der Waals surface area contributed by atoms with Crippen LogP contribution in [0.25, 0.3) is 0 Å². The number of nitrogens with zero attached hydrogens (tertiary/aromatic N) is 1. The quantitative estimate of drug-likeness (QED) is 0.680. The van der Waals surface area contributed by atoms with Gasteiger partial charge in [0.1, 0.15) is 0 Å². The van der Waals surface area contributed by atoms with Crippen LogP contribution in [0.2, 0.25) is 5.02 Å². The van der Waals surface area contributed by atoms with Crippen LogP contribution in [0.1, 0.15) is 32.0 Å². The zero-order chi connectivity index (χ0) is 14.1. The van der Waals surface area contributed by atoms with Crippen molar-refractivity contribution in [3.8, 4) is 0 Å². The van der Waals surface area contributed by atoms with Crippen LogP contribution < -0.4 is 0 Å². The molecule has 1 atom stereocenters. The summed E-state index contributed by atoms with van der Waals surface area (Å²) in [6, 6.07) is 0.923. The molecule has 1 nitrogen and oxygen atoms in total. The fourth-order valence-electron chi connectivity index (χ4n) is 1.25. The fraction of sp³-hybridized carbons (Fsp3) is 0.583. The van der Waals surface area contributed by atoms with E-state index >= 15 is 0 Å². The summed E-state index contributed by atoms with van der Waals surface area (Å²) in [5, 5.41) is 0.0542. The van der Waals surface area contributed by atoms with Gasteiger partial charge in [-0.25, -0.2) is 0 Å². The van der Waals surface area contributed by atoms with E-state index in [0.29, 0.717) is 12.1 Å². The smallest absolute Gasteiger partial charge is 0.259 e. The largest absolute Gasteiger partial charge is 0.417 e. The zero-order valence-electron chi connectivity index (χ0n) is 10.3. The van der Waals surface area contributed by atoms with E-state index in [1.165, 1.54) is 0 Å². The van der Waals surface area contributed by atoms with Crippen molar-refractivity contribution in [3.05, 3.63) is 28.5 Å². The average molecular weight is 345 g/mol. The molecule has 0 N–H and O–H groups in total. The molecule has 0 aliphatic rings. The molecule has 0 aromatic carbocycles. The monoisotopic (exact) mass is 343 g/mol. The lowest BCUT2D eigenvalue weighted by molar-refractivity contribution is -0.137. The SMILES string of the molecule is CC(C)(C)C(Br)Cc1ncc(C(F)(F)F)cc1Cl. The summed E-state index contributed by atoms with van der Waals surface area (Å²) in [7, 11) is 0. The molecule has 1 unspecified atom stereocenters. The van der Waals surface area contributed by atoms with Gasteiger partial charge in [-0.3, -0.25) is 4.98 Å². The number of alkyl halides is 4. The molecule has 1 aromatic rings. The van der Waals surface area contributed by atoms with Gasteiger partial charge in [0.2, 0.25) is 0 Å². The number of hydrogen-bond acceptors (Lipinski definition) is 1. The van der Waals surface area contributed by atoms with Crippen molar-refractivity contribution < 1.29 is 13.2 Å². The minimum Gasteiger partial charge on any atom is -0.259 e. The Morgan fingerprint density at radius 3 is 2.28 bits per heavy atom. The van der Waals surface area contributed by atoms with Crippen molar-refractivity contribution in [2.24, 2.45) is 5.41 Å². The number of hydrogen-bond donors (Lipinski definition) is 0. The van der Waals surface area contributed by atoms with Gasteiger partial charge in [0, 0.05) is 17.4 Å². The van der Waals surface area contributed by atoms with E-state index in [4.69, 9.17) is 11.6 Å². The fourth-order valence-corrected chi connectivity index (χ4v) is 1.80. The maximum atomic E-state index is 12.4. The van der Waals surface area contributed by atoms with Crippen molar-refractivity contribution in [2.75, 3.05) is 0 Å². The van der Waals surface area contributed by atoms with E-state index in [1.807, 2.05) is 20.8 Å². The number of pyridine rings is 1. The van der Waals surface area contributed by atoms with Crippen molar-refractivity contribution in [2.45, 2.75) is 38.2 Å². The van der Waals surface area contributed by atoms with Crippen LogP contribution in [0.4, 0.5) is 13.2 Å². The molecule has 0 fully saturated rings. The van der Waals surface area contributed by atoms with Crippen LogP contribution in [0.5, 0.6) is 0 Å². The second-order valence-corrected chi connectivity index (χ2v) is 6.70. The highest BCUT2D eigenvalue weighted by molar-refractivity contribution is 9.09. The van der Waals surface area contributed by atoms with Gasteiger partial charge in [0.05, 0.1) is 16.3 Å². The Morgan fingerprint density at radius 1 is 1.33 bits per heavy atom. The Bertz CT molecular complexity index is 426. The summed E-state index contributed by atoms with van der Waals surface area (Å²) in [6.07, 6.45) is -3.10. The molecule has 102 valence electrons. The Balaban J connectivity index is 2.94. The Hall–Kier alpha value is -0.290. The normalized spacial score (nSPS) is 14.7. The van der Waals surface area contributed by atoms with Gasteiger partial charge in [-0.2, -0.15) is 13.2 Å². The maximum Gasteiger partial charge on any atom is 0.417 e. The third-order valence-electron chi connectivity index (χ3n) is 2.56. The van der Waals surface area contributed by atoms with E-state index in [0.717, 1.165) is 12.3 Å². The minimum absolute atomic E-state index is 0.0201. The van der Waals surface area contributed by atoms with Gasteiger partial charge in [-0.05, 0) is 11.5 Å². The van der Waals surface area contributed by atoms with Crippen LogP contribution >= 0.6 is 27.5 Å². The summed E-state index contributed by atoms with van der Waals surface area (Å²) in [4.78, 5) is 3.91. The van der Waals surface area contributed by atoms with Gasteiger partial charge in [-0.1, -0.05) is 48.3 Å². The molecule has 1 aromatic heterocycles. The molecule has 1 heterocycles. The van der Waals surface area contributed by atoms with Crippen LogP contribution in [0.3, 0.4) is 0 Å². The molecule has 0 aliphatic heterocycles. The van der Waals surface area contributed by atoms with E-state index < -0.39 is 11.7 Å². The van der Waals surface area contributed by atoms with E-state index in [2.05, 4.69) is 20.9 Å². The highest BCUT2D eigenvalue weighted by atomic mass is 79.9. The first-order chi connectivity index (χ1) is 8.01. The predicted molar refractivity (Wildman–Crippen MR) is 70.1 cm³/mol. The van der Waals surface area contributed by atoms with E-state index in [1.54, 1.807) is 0 Å². The molecular weight excluding hydrogens is 330 g/mol. The van der Waals surface area contributed by atoms with Crippen LogP contribution in [0.15, 0.2) is 12.3 Å². The first-order valence-electron chi connectivity index (χ1n) is 5.37.